The number of hydrogen-bond acceptors (Lipinski definition) is 6. The van der Waals surface area contributed by atoms with Gasteiger partial charge < -0.3 is 9.80 Å². The van der Waals surface area contributed by atoms with E-state index >= 15 is 0 Å². The van der Waals surface area contributed by atoms with Crippen LogP contribution < -0.4 is 4.90 Å². The zero-order chi connectivity index (χ0) is 28.1. The number of nitro benzene ring substituents is 1. The van der Waals surface area contributed by atoms with Gasteiger partial charge in [-0.15, -0.1) is 0 Å². The molecule has 8 nitrogen and oxygen atoms in total. The van der Waals surface area contributed by atoms with Crippen molar-refractivity contribution in [2.75, 3.05) is 31.1 Å². The molecule has 1 atom stereocenters. The number of nitro groups is 1. The molecule has 0 bridgehead atoms. The van der Waals surface area contributed by atoms with Crippen molar-refractivity contribution in [3.05, 3.63) is 117 Å². The Kier molecular flexibility index (Phi) is 8.15. The molecule has 40 heavy (non-hydrogen) atoms. The molecule has 1 aliphatic rings. The molecular formula is C32H33N5O3. The maximum absolute atomic E-state index is 13.5. The molecule has 3 aromatic carbocycles. The summed E-state index contributed by atoms with van der Waals surface area (Å²) in [4.78, 5) is 38.3. The molecule has 1 aromatic heterocycles. The van der Waals surface area contributed by atoms with Gasteiger partial charge in [-0.05, 0) is 24.5 Å². The lowest BCUT2D eigenvalue weighted by molar-refractivity contribution is -0.384. The van der Waals surface area contributed by atoms with Gasteiger partial charge in [-0.3, -0.25) is 14.9 Å². The second-order valence-electron chi connectivity index (χ2n) is 10.1. The lowest BCUT2D eigenvalue weighted by Crippen LogP contribution is -2.50. The summed E-state index contributed by atoms with van der Waals surface area (Å²) in [6.45, 7) is 6.60. The van der Waals surface area contributed by atoms with Crippen LogP contribution in [-0.2, 0) is 11.2 Å². The van der Waals surface area contributed by atoms with Gasteiger partial charge in [0.1, 0.15) is 5.82 Å². The fraction of sp³-hybridized carbons (Fsp3) is 0.281. The molecule has 8 heteroatoms. The first kappa shape index (κ1) is 27.0. The molecule has 0 saturated carbocycles. The number of aromatic nitrogens is 2. The fourth-order valence-corrected chi connectivity index (χ4v) is 5.30. The molecule has 0 N–H and O–H groups in total. The minimum absolute atomic E-state index is 0.0676. The minimum atomic E-state index is -0.389. The molecule has 1 amide bonds. The molecule has 0 radical (unpaired) electrons. The van der Waals surface area contributed by atoms with Gasteiger partial charge in [0.15, 0.2) is 5.82 Å². The second-order valence-corrected chi connectivity index (χ2v) is 10.1. The molecule has 0 aliphatic carbocycles. The van der Waals surface area contributed by atoms with Crippen molar-refractivity contribution in [3.63, 3.8) is 0 Å². The van der Waals surface area contributed by atoms with Crippen LogP contribution in [0, 0.1) is 17.0 Å². The van der Waals surface area contributed by atoms with Crippen molar-refractivity contribution in [1.29, 1.82) is 0 Å². The Morgan fingerprint density at radius 1 is 0.900 bits per heavy atom. The Labute approximate surface area is 234 Å². The largest absolute Gasteiger partial charge is 0.353 e. The number of non-ortho nitro benzene ring substituents is 1. The number of benzene rings is 3. The van der Waals surface area contributed by atoms with Crippen LogP contribution in [0.4, 0.5) is 11.5 Å². The van der Waals surface area contributed by atoms with Gasteiger partial charge in [-0.1, -0.05) is 79.7 Å². The Hall–Kier alpha value is -4.59. The first-order chi connectivity index (χ1) is 19.4. The van der Waals surface area contributed by atoms with Crippen LogP contribution in [0.5, 0.6) is 0 Å². The number of amides is 1. The molecule has 2 heterocycles. The maximum Gasteiger partial charge on any atom is 0.269 e. The van der Waals surface area contributed by atoms with Gasteiger partial charge in [0, 0.05) is 61.6 Å². The number of anilines is 1. The van der Waals surface area contributed by atoms with E-state index in [0.29, 0.717) is 38.4 Å². The average Bonchev–Trinajstić information content (AvgIpc) is 2.99. The van der Waals surface area contributed by atoms with Crippen LogP contribution in [0.3, 0.4) is 0 Å². The van der Waals surface area contributed by atoms with Gasteiger partial charge in [-0.2, -0.15) is 0 Å². The highest BCUT2D eigenvalue weighted by molar-refractivity contribution is 5.84. The number of nitrogens with zero attached hydrogens (tertiary/aromatic N) is 5. The van der Waals surface area contributed by atoms with E-state index in [0.717, 1.165) is 40.2 Å². The number of aryl methyl sites for hydroxylation is 1. The standard InChI is InChI=1S/C32H33N5O3/c1-3-28(25-10-6-4-7-11-25)32(38)36-20-18-35(19-21-36)31-29(22-24-14-16-27(17-15-24)37(39)40)23(2)33-30(34-31)26-12-8-5-9-13-26/h4-17,28H,3,18-22H2,1-2H3/t28-/m1/s1. The minimum Gasteiger partial charge on any atom is -0.353 e. The average molecular weight is 536 g/mol. The second kappa shape index (κ2) is 12.1. The summed E-state index contributed by atoms with van der Waals surface area (Å²) >= 11 is 0. The van der Waals surface area contributed by atoms with Crippen LogP contribution in [0.2, 0.25) is 0 Å². The third-order valence-corrected chi connectivity index (χ3v) is 7.55. The third-order valence-electron chi connectivity index (χ3n) is 7.55. The molecule has 1 saturated heterocycles. The summed E-state index contributed by atoms with van der Waals surface area (Å²) in [6.07, 6.45) is 1.31. The van der Waals surface area contributed by atoms with Crippen LogP contribution in [-0.4, -0.2) is 51.9 Å². The van der Waals surface area contributed by atoms with Crippen molar-refractivity contribution < 1.29 is 9.72 Å². The molecular weight excluding hydrogens is 502 g/mol. The topological polar surface area (TPSA) is 92.5 Å². The number of rotatable bonds is 8. The molecule has 5 rings (SSSR count). The summed E-state index contributed by atoms with van der Waals surface area (Å²) in [6, 6.07) is 26.6. The lowest BCUT2D eigenvalue weighted by Gasteiger charge is -2.38. The van der Waals surface area contributed by atoms with E-state index in [1.165, 1.54) is 12.1 Å². The van der Waals surface area contributed by atoms with E-state index in [4.69, 9.17) is 9.97 Å². The number of piperazine rings is 1. The van der Waals surface area contributed by atoms with E-state index in [1.54, 1.807) is 12.1 Å². The zero-order valence-electron chi connectivity index (χ0n) is 22.9. The maximum atomic E-state index is 13.5. The van der Waals surface area contributed by atoms with Gasteiger partial charge in [0.05, 0.1) is 10.8 Å². The highest BCUT2D eigenvalue weighted by Gasteiger charge is 2.29. The van der Waals surface area contributed by atoms with E-state index < -0.39 is 0 Å². The van der Waals surface area contributed by atoms with E-state index in [9.17, 15) is 14.9 Å². The predicted octanol–water partition coefficient (Wildman–Crippen LogP) is 5.79. The molecule has 0 spiro atoms. The van der Waals surface area contributed by atoms with Crippen molar-refractivity contribution >= 4 is 17.4 Å². The van der Waals surface area contributed by atoms with Crippen molar-refractivity contribution in [1.82, 2.24) is 14.9 Å². The lowest BCUT2D eigenvalue weighted by atomic mass is 9.94. The Balaban J connectivity index is 1.41. The molecule has 204 valence electrons. The number of carbonyl (C=O) groups is 1. The SMILES string of the molecule is CC[C@@H](C(=O)N1CCN(c2nc(-c3ccccc3)nc(C)c2Cc2ccc([N+](=O)[O-])cc2)CC1)c1ccccc1. The zero-order valence-corrected chi connectivity index (χ0v) is 22.9. The van der Waals surface area contributed by atoms with Gasteiger partial charge >= 0.3 is 0 Å². The van der Waals surface area contributed by atoms with E-state index in [1.807, 2.05) is 72.5 Å². The Bertz CT molecular complexity index is 1470. The summed E-state index contributed by atoms with van der Waals surface area (Å²) in [5, 5.41) is 11.1. The molecule has 4 aromatic rings. The summed E-state index contributed by atoms with van der Waals surface area (Å²) in [5.41, 5.74) is 4.88. The molecule has 1 fully saturated rings. The van der Waals surface area contributed by atoms with Crippen molar-refractivity contribution in [2.24, 2.45) is 0 Å². The van der Waals surface area contributed by atoms with Crippen LogP contribution in [0.25, 0.3) is 11.4 Å². The monoisotopic (exact) mass is 535 g/mol. The fourth-order valence-electron chi connectivity index (χ4n) is 5.30. The van der Waals surface area contributed by atoms with E-state index in [2.05, 4.69) is 11.8 Å². The van der Waals surface area contributed by atoms with Crippen molar-refractivity contribution in [2.45, 2.75) is 32.6 Å². The highest BCUT2D eigenvalue weighted by Crippen LogP contribution is 2.30. The van der Waals surface area contributed by atoms with Crippen LogP contribution >= 0.6 is 0 Å². The predicted molar refractivity (Wildman–Crippen MR) is 156 cm³/mol. The first-order valence-corrected chi connectivity index (χ1v) is 13.7. The smallest absolute Gasteiger partial charge is 0.269 e. The van der Waals surface area contributed by atoms with E-state index in [-0.39, 0.29) is 22.4 Å². The van der Waals surface area contributed by atoms with Gasteiger partial charge in [-0.25, -0.2) is 9.97 Å². The number of hydrogen-bond donors (Lipinski definition) is 0. The normalized spacial score (nSPS) is 14.2. The molecule has 1 aliphatic heterocycles. The highest BCUT2D eigenvalue weighted by atomic mass is 16.6. The Morgan fingerprint density at radius 2 is 1.52 bits per heavy atom. The number of carbonyl (C=O) groups excluding carboxylic acids is 1. The summed E-state index contributed by atoms with van der Waals surface area (Å²) < 4.78 is 0. The third kappa shape index (κ3) is 5.86. The van der Waals surface area contributed by atoms with Crippen LogP contribution in [0.15, 0.2) is 84.9 Å². The molecule has 0 unspecified atom stereocenters. The van der Waals surface area contributed by atoms with Gasteiger partial charge in [0.25, 0.3) is 5.69 Å². The summed E-state index contributed by atoms with van der Waals surface area (Å²) in [7, 11) is 0. The first-order valence-electron chi connectivity index (χ1n) is 13.7. The van der Waals surface area contributed by atoms with Crippen LogP contribution in [0.1, 0.15) is 41.6 Å². The summed E-state index contributed by atoms with van der Waals surface area (Å²) in [5.74, 6) is 1.54. The quantitative estimate of drug-likeness (QED) is 0.209. The van der Waals surface area contributed by atoms with Gasteiger partial charge in [0.2, 0.25) is 5.91 Å². The van der Waals surface area contributed by atoms with Crippen molar-refractivity contribution in [3.8, 4) is 11.4 Å². The Morgan fingerprint density at radius 3 is 2.12 bits per heavy atom.